The first-order valence-corrected chi connectivity index (χ1v) is 10.4. The average molecular weight is 406 g/mol. The summed E-state index contributed by atoms with van der Waals surface area (Å²) in [5.41, 5.74) is 3.28. The van der Waals surface area contributed by atoms with Crippen molar-refractivity contribution in [1.29, 1.82) is 0 Å². The van der Waals surface area contributed by atoms with Crippen LogP contribution >= 0.6 is 0 Å². The molecule has 2 N–H and O–H groups in total. The Hall–Kier alpha value is -3.35. The predicted octanol–water partition coefficient (Wildman–Crippen LogP) is 2.93. The van der Waals surface area contributed by atoms with Crippen LogP contribution in [0.15, 0.2) is 48.8 Å². The third-order valence-corrected chi connectivity index (χ3v) is 5.46. The fourth-order valence-corrected chi connectivity index (χ4v) is 3.78. The van der Waals surface area contributed by atoms with Gasteiger partial charge in [0.25, 0.3) is 5.91 Å². The van der Waals surface area contributed by atoms with Gasteiger partial charge in [-0.1, -0.05) is 12.1 Å². The zero-order chi connectivity index (χ0) is 20.9. The third kappa shape index (κ3) is 4.62. The topological polar surface area (TPSA) is 87.3 Å². The lowest BCUT2D eigenvalue weighted by Crippen LogP contribution is -2.47. The van der Waals surface area contributed by atoms with E-state index in [-0.39, 0.29) is 17.9 Å². The summed E-state index contributed by atoms with van der Waals surface area (Å²) >= 11 is 0. The van der Waals surface area contributed by atoms with E-state index >= 15 is 0 Å². The number of aromatic amines is 1. The number of fused-ring (bicyclic) bond motifs is 1. The van der Waals surface area contributed by atoms with Gasteiger partial charge < -0.3 is 19.9 Å². The minimum Gasteiger partial charge on any atom is -0.494 e. The van der Waals surface area contributed by atoms with Gasteiger partial charge in [0.1, 0.15) is 5.75 Å². The number of hydrogen-bond donors (Lipinski definition) is 2. The Morgan fingerprint density at radius 2 is 1.93 bits per heavy atom. The Kier molecular flexibility index (Phi) is 5.97. The van der Waals surface area contributed by atoms with Crippen LogP contribution < -0.4 is 10.1 Å². The summed E-state index contributed by atoms with van der Waals surface area (Å²) < 4.78 is 5.44. The van der Waals surface area contributed by atoms with Crippen LogP contribution in [0.2, 0.25) is 0 Å². The molecule has 1 fully saturated rings. The summed E-state index contributed by atoms with van der Waals surface area (Å²) in [7, 11) is 0. The molecule has 3 aromatic rings. The fraction of sp³-hybridized carbons (Fsp3) is 0.348. The van der Waals surface area contributed by atoms with Crippen LogP contribution in [-0.4, -0.2) is 52.4 Å². The number of aromatic nitrogens is 2. The molecule has 30 heavy (non-hydrogen) atoms. The lowest BCUT2D eigenvalue weighted by molar-refractivity contribution is -0.131. The number of carbonyl (C=O) groups excluding carboxylic acids is 2. The molecular weight excluding hydrogens is 380 g/mol. The van der Waals surface area contributed by atoms with Crippen molar-refractivity contribution in [3.63, 3.8) is 0 Å². The molecule has 0 aliphatic carbocycles. The Labute approximate surface area is 175 Å². The van der Waals surface area contributed by atoms with Crippen molar-refractivity contribution in [3.8, 4) is 5.75 Å². The van der Waals surface area contributed by atoms with Crippen LogP contribution in [0.25, 0.3) is 11.0 Å². The molecule has 1 aromatic heterocycles. The van der Waals surface area contributed by atoms with E-state index in [1.54, 1.807) is 12.4 Å². The minimum absolute atomic E-state index is 0.0736. The summed E-state index contributed by atoms with van der Waals surface area (Å²) in [5.74, 6) is 0.844. The lowest BCUT2D eigenvalue weighted by atomic mass is 10.0. The van der Waals surface area contributed by atoms with Crippen molar-refractivity contribution in [1.82, 2.24) is 20.2 Å². The van der Waals surface area contributed by atoms with Gasteiger partial charge in [-0.2, -0.15) is 0 Å². The second-order valence-electron chi connectivity index (χ2n) is 7.52. The van der Waals surface area contributed by atoms with Gasteiger partial charge in [-0.05, 0) is 55.7 Å². The van der Waals surface area contributed by atoms with Crippen LogP contribution in [0, 0.1) is 0 Å². The number of amides is 2. The van der Waals surface area contributed by atoms with Gasteiger partial charge in [-0.15, -0.1) is 0 Å². The van der Waals surface area contributed by atoms with E-state index in [1.165, 1.54) is 0 Å². The van der Waals surface area contributed by atoms with E-state index in [1.807, 2.05) is 48.2 Å². The zero-order valence-corrected chi connectivity index (χ0v) is 17.1. The van der Waals surface area contributed by atoms with Crippen LogP contribution in [0.1, 0.15) is 35.7 Å². The first-order chi connectivity index (χ1) is 14.6. The molecule has 0 spiro atoms. The van der Waals surface area contributed by atoms with Crippen LogP contribution in [-0.2, 0) is 11.2 Å². The number of imidazole rings is 1. The lowest BCUT2D eigenvalue weighted by Gasteiger charge is -2.32. The number of ether oxygens (including phenoxy) is 1. The molecule has 7 nitrogen and oxygen atoms in total. The van der Waals surface area contributed by atoms with E-state index in [0.29, 0.717) is 31.7 Å². The highest BCUT2D eigenvalue weighted by molar-refractivity contribution is 5.97. The maximum absolute atomic E-state index is 12.6. The van der Waals surface area contributed by atoms with Crippen LogP contribution in [0.4, 0.5) is 0 Å². The Morgan fingerprint density at radius 1 is 1.17 bits per heavy atom. The van der Waals surface area contributed by atoms with E-state index in [2.05, 4.69) is 15.3 Å². The van der Waals surface area contributed by atoms with E-state index in [0.717, 1.165) is 35.2 Å². The molecule has 0 atom stereocenters. The molecule has 1 aliphatic rings. The molecule has 156 valence electrons. The Morgan fingerprint density at radius 3 is 2.67 bits per heavy atom. The predicted molar refractivity (Wildman–Crippen MR) is 114 cm³/mol. The van der Waals surface area contributed by atoms with Gasteiger partial charge in [0.05, 0.1) is 30.4 Å². The molecule has 0 radical (unpaired) electrons. The number of carbonyl (C=O) groups is 2. The highest BCUT2D eigenvalue weighted by Crippen LogP contribution is 2.17. The second kappa shape index (κ2) is 8.98. The molecule has 0 bridgehead atoms. The number of H-pyrrole nitrogens is 1. The molecule has 2 heterocycles. The van der Waals surface area contributed by atoms with Crippen LogP contribution in [0.5, 0.6) is 5.75 Å². The number of nitrogens with one attached hydrogen (secondary N) is 2. The average Bonchev–Trinajstić information content (AvgIpc) is 3.24. The number of piperidine rings is 1. The van der Waals surface area contributed by atoms with Crippen molar-refractivity contribution in [2.45, 2.75) is 32.2 Å². The zero-order valence-electron chi connectivity index (χ0n) is 17.1. The molecule has 7 heteroatoms. The first-order valence-electron chi connectivity index (χ1n) is 10.4. The summed E-state index contributed by atoms with van der Waals surface area (Å²) in [6, 6.07) is 13.2. The largest absolute Gasteiger partial charge is 0.494 e. The standard InChI is InChI=1S/C23H26N4O3/c1-2-30-19-6-3-16(4-7-19)13-22(28)27-11-9-18(10-12-27)26-23(29)17-5-8-20-21(14-17)25-15-24-20/h3-8,14-15,18H,2,9-13H2,1H3,(H,24,25)(H,26,29). The number of rotatable bonds is 6. The minimum atomic E-state index is -0.0920. The summed E-state index contributed by atoms with van der Waals surface area (Å²) in [4.78, 5) is 34.3. The quantitative estimate of drug-likeness (QED) is 0.659. The van der Waals surface area contributed by atoms with Gasteiger partial charge >= 0.3 is 0 Å². The van der Waals surface area contributed by atoms with Crippen LogP contribution in [0.3, 0.4) is 0 Å². The van der Waals surface area contributed by atoms with E-state index < -0.39 is 0 Å². The number of hydrogen-bond acceptors (Lipinski definition) is 4. The van der Waals surface area contributed by atoms with Crippen molar-refractivity contribution >= 4 is 22.8 Å². The molecular formula is C23H26N4O3. The SMILES string of the molecule is CCOc1ccc(CC(=O)N2CCC(NC(=O)c3ccc4nc[nH]c4c3)CC2)cc1. The van der Waals surface area contributed by atoms with Gasteiger partial charge in [-0.25, -0.2) is 4.98 Å². The Bertz CT molecular complexity index is 1020. The summed E-state index contributed by atoms with van der Waals surface area (Å²) in [6.07, 6.45) is 3.51. The van der Waals surface area contributed by atoms with Gasteiger partial charge in [0, 0.05) is 24.7 Å². The summed E-state index contributed by atoms with van der Waals surface area (Å²) in [6.45, 7) is 3.88. The molecule has 2 amide bonds. The molecule has 1 aliphatic heterocycles. The normalized spacial score (nSPS) is 14.6. The van der Waals surface area contributed by atoms with Crippen molar-refractivity contribution in [2.24, 2.45) is 0 Å². The van der Waals surface area contributed by atoms with Gasteiger partial charge in [-0.3, -0.25) is 9.59 Å². The maximum atomic E-state index is 12.6. The smallest absolute Gasteiger partial charge is 0.251 e. The molecule has 2 aromatic carbocycles. The molecule has 0 saturated carbocycles. The van der Waals surface area contributed by atoms with Crippen molar-refractivity contribution < 1.29 is 14.3 Å². The number of benzene rings is 2. The highest BCUT2D eigenvalue weighted by atomic mass is 16.5. The van der Waals surface area contributed by atoms with Gasteiger partial charge in [0.2, 0.25) is 5.91 Å². The van der Waals surface area contributed by atoms with Gasteiger partial charge in [0.15, 0.2) is 0 Å². The number of nitrogens with zero attached hydrogens (tertiary/aromatic N) is 2. The summed E-state index contributed by atoms with van der Waals surface area (Å²) in [5, 5.41) is 3.09. The van der Waals surface area contributed by atoms with E-state index in [9.17, 15) is 9.59 Å². The highest BCUT2D eigenvalue weighted by Gasteiger charge is 2.24. The molecule has 1 saturated heterocycles. The monoisotopic (exact) mass is 406 g/mol. The van der Waals surface area contributed by atoms with Crippen molar-refractivity contribution in [3.05, 3.63) is 59.9 Å². The fourth-order valence-electron chi connectivity index (χ4n) is 3.78. The van der Waals surface area contributed by atoms with Crippen molar-refractivity contribution in [2.75, 3.05) is 19.7 Å². The maximum Gasteiger partial charge on any atom is 0.251 e. The first kappa shape index (κ1) is 19.9. The number of likely N-dealkylation sites (tertiary alicyclic amines) is 1. The second-order valence-corrected chi connectivity index (χ2v) is 7.52. The molecule has 4 rings (SSSR count). The van der Waals surface area contributed by atoms with E-state index in [4.69, 9.17) is 4.74 Å². The third-order valence-electron chi connectivity index (χ3n) is 5.46. The Balaban J connectivity index is 1.26. The molecule has 0 unspecified atom stereocenters.